The fourth-order valence-electron chi connectivity index (χ4n) is 5.95. The number of carbonyl (C=O) groups is 4. The summed E-state index contributed by atoms with van der Waals surface area (Å²) < 4.78 is 53.8. The number of benzene rings is 2. The number of aryl methyl sites for hydroxylation is 1. The van der Waals surface area contributed by atoms with Gasteiger partial charge in [-0.3, -0.25) is 9.59 Å². The van der Waals surface area contributed by atoms with Gasteiger partial charge in [0.1, 0.15) is 17.1 Å². The maximum absolute atomic E-state index is 13.6. The summed E-state index contributed by atoms with van der Waals surface area (Å²) in [6.45, 7) is 10.0. The molecular formula is C44H39F3N10O8. The Balaban J connectivity index is 0.000000374. The summed E-state index contributed by atoms with van der Waals surface area (Å²) in [4.78, 5) is 57.9. The molecule has 0 unspecified atom stereocenters. The molecule has 0 atom stereocenters. The summed E-state index contributed by atoms with van der Waals surface area (Å²) in [6.07, 6.45) is 10.7. The van der Waals surface area contributed by atoms with Gasteiger partial charge in [-0.25, -0.2) is 28.9 Å². The van der Waals surface area contributed by atoms with E-state index < -0.39 is 29.2 Å². The molecule has 0 aliphatic carbocycles. The highest BCUT2D eigenvalue weighted by atomic mass is 19.4. The Morgan fingerprint density at radius 2 is 1.51 bits per heavy atom. The predicted molar refractivity (Wildman–Crippen MR) is 228 cm³/mol. The summed E-state index contributed by atoms with van der Waals surface area (Å²) in [7, 11) is 0. The Kier molecular flexibility index (Phi) is 15.9. The number of rotatable bonds is 14. The largest absolute Gasteiger partial charge is 0.478 e. The van der Waals surface area contributed by atoms with Crippen molar-refractivity contribution in [3.63, 3.8) is 0 Å². The summed E-state index contributed by atoms with van der Waals surface area (Å²) in [5.74, 6) is 1.07. The minimum Gasteiger partial charge on any atom is -0.478 e. The van der Waals surface area contributed by atoms with Crippen LogP contribution in [0.2, 0.25) is 0 Å². The molecule has 0 saturated carbocycles. The van der Waals surface area contributed by atoms with Crippen LogP contribution in [0.15, 0.2) is 89.8 Å². The van der Waals surface area contributed by atoms with Gasteiger partial charge in [-0.1, -0.05) is 28.8 Å². The molecule has 3 aromatic heterocycles. The molecule has 1 aliphatic heterocycles. The molecule has 65 heavy (non-hydrogen) atoms. The van der Waals surface area contributed by atoms with Crippen molar-refractivity contribution in [1.82, 2.24) is 45.2 Å². The third kappa shape index (κ3) is 12.4. The number of aromatic nitrogens is 7. The van der Waals surface area contributed by atoms with E-state index in [0.717, 1.165) is 16.8 Å². The monoisotopic (exact) mass is 892 g/mol. The minimum atomic E-state index is -4.94. The number of nitrogens with one attached hydrogen (secondary N) is 1. The molecule has 5 aromatic rings. The van der Waals surface area contributed by atoms with E-state index >= 15 is 0 Å². The second-order valence-corrected chi connectivity index (χ2v) is 13.5. The fraction of sp³-hybridized carbons (Fsp3) is 0.227. The first kappa shape index (κ1) is 47.8. The third-order valence-electron chi connectivity index (χ3n) is 9.16. The second-order valence-electron chi connectivity index (χ2n) is 13.5. The van der Waals surface area contributed by atoms with Crippen molar-refractivity contribution < 1.29 is 52.0 Å². The van der Waals surface area contributed by atoms with Crippen LogP contribution in [0.3, 0.4) is 0 Å². The number of hydrogen-bond acceptors (Lipinski definition) is 12. The average molecular weight is 893 g/mol. The van der Waals surface area contributed by atoms with E-state index in [1.165, 1.54) is 41.4 Å². The highest BCUT2D eigenvalue weighted by molar-refractivity contribution is 5.97. The number of halogens is 3. The van der Waals surface area contributed by atoms with Gasteiger partial charge in [0.25, 0.3) is 11.8 Å². The van der Waals surface area contributed by atoms with Crippen LogP contribution in [-0.2, 0) is 20.4 Å². The highest BCUT2D eigenvalue weighted by Crippen LogP contribution is 2.34. The first-order chi connectivity index (χ1) is 31.0. The Morgan fingerprint density at radius 3 is 2.03 bits per heavy atom. The fourth-order valence-corrected chi connectivity index (χ4v) is 5.95. The summed E-state index contributed by atoms with van der Waals surface area (Å²) in [5.41, 5.74) is 0.232. The smallest absolute Gasteiger partial charge is 0.417 e. The van der Waals surface area contributed by atoms with Gasteiger partial charge >= 0.3 is 18.1 Å². The number of terminal acetylenes is 2. The number of morpholine rings is 1. The average Bonchev–Trinajstić information content (AvgIpc) is 4.00. The number of carboxylic acids is 2. The third-order valence-corrected chi connectivity index (χ3v) is 9.16. The molecule has 4 heterocycles. The van der Waals surface area contributed by atoms with Crippen LogP contribution in [0.1, 0.15) is 49.1 Å². The van der Waals surface area contributed by atoms with Crippen molar-refractivity contribution in [1.29, 1.82) is 0 Å². The molecule has 21 heteroatoms. The van der Waals surface area contributed by atoms with Crippen LogP contribution in [-0.4, -0.2) is 126 Å². The molecule has 3 N–H and O–H groups in total. The number of aliphatic imine (C=N–C) groups is 1. The summed E-state index contributed by atoms with van der Waals surface area (Å²) >= 11 is 0. The number of aromatic carboxylic acids is 2. The zero-order valence-corrected chi connectivity index (χ0v) is 34.7. The minimum absolute atomic E-state index is 0.103. The zero-order chi connectivity index (χ0) is 47.3. The SMILES string of the molecule is C#CC=N/C(C#C)=C\C(=C)C(=O)NCCOCC.Cc1cc(-n2cc(-c3cc(C(=O)N4CCOCC4)cc(-c4cn(-c5ccc(C(=O)O)c(C(F)(F)F)c5)nn4)n3)nn2)ccc1C(=O)O. The topological polar surface area (TPSA) is 229 Å². The predicted octanol–water partition coefficient (Wildman–Crippen LogP) is 4.69. The lowest BCUT2D eigenvalue weighted by Crippen LogP contribution is -2.40. The molecule has 2 aromatic carbocycles. The van der Waals surface area contributed by atoms with Gasteiger partial charge in [-0.15, -0.1) is 23.0 Å². The van der Waals surface area contributed by atoms with Crippen LogP contribution in [0.4, 0.5) is 13.2 Å². The van der Waals surface area contributed by atoms with Gasteiger partial charge in [0, 0.05) is 37.4 Å². The Morgan fingerprint density at radius 1 is 0.923 bits per heavy atom. The van der Waals surface area contributed by atoms with E-state index in [-0.39, 0.29) is 62.7 Å². The van der Waals surface area contributed by atoms with Crippen LogP contribution >= 0.6 is 0 Å². The van der Waals surface area contributed by atoms with E-state index in [9.17, 15) is 42.6 Å². The number of nitrogens with zero attached hydrogens (tertiary/aromatic N) is 9. The quantitative estimate of drug-likeness (QED) is 0.0453. The number of amides is 2. The normalized spacial score (nSPS) is 12.7. The van der Waals surface area contributed by atoms with E-state index in [2.05, 4.69) is 54.3 Å². The number of ether oxygens (including phenoxy) is 2. The maximum Gasteiger partial charge on any atom is 0.417 e. The summed E-state index contributed by atoms with van der Waals surface area (Å²) in [6, 6.07) is 10.3. The van der Waals surface area contributed by atoms with Crippen molar-refractivity contribution in [2.24, 2.45) is 4.99 Å². The van der Waals surface area contributed by atoms with Crippen LogP contribution < -0.4 is 5.32 Å². The number of hydrogen-bond donors (Lipinski definition) is 3. The number of pyridine rings is 1. The molecule has 1 fully saturated rings. The van der Waals surface area contributed by atoms with Crippen molar-refractivity contribution in [2.75, 3.05) is 46.1 Å². The van der Waals surface area contributed by atoms with E-state index in [0.29, 0.717) is 63.4 Å². The van der Waals surface area contributed by atoms with E-state index in [4.69, 9.17) is 22.3 Å². The number of alkyl halides is 3. The van der Waals surface area contributed by atoms with Crippen molar-refractivity contribution in [3.05, 3.63) is 113 Å². The van der Waals surface area contributed by atoms with Gasteiger partial charge in [-0.2, -0.15) is 13.2 Å². The van der Waals surface area contributed by atoms with Gasteiger partial charge < -0.3 is 29.9 Å². The van der Waals surface area contributed by atoms with Crippen LogP contribution in [0.25, 0.3) is 34.2 Å². The lowest BCUT2D eigenvalue weighted by atomic mass is 10.1. The lowest BCUT2D eigenvalue weighted by Gasteiger charge is -2.27. The lowest BCUT2D eigenvalue weighted by molar-refractivity contribution is -0.138. The van der Waals surface area contributed by atoms with Gasteiger partial charge in [0.15, 0.2) is 0 Å². The van der Waals surface area contributed by atoms with E-state index in [1.807, 2.05) is 6.92 Å². The Hall–Kier alpha value is -8.27. The molecule has 2 amide bonds. The molecule has 1 aliphatic rings. The van der Waals surface area contributed by atoms with Gasteiger partial charge in [0.2, 0.25) is 0 Å². The van der Waals surface area contributed by atoms with Crippen molar-refractivity contribution in [2.45, 2.75) is 20.0 Å². The highest BCUT2D eigenvalue weighted by Gasteiger charge is 2.36. The molecule has 1 saturated heterocycles. The first-order valence-corrected chi connectivity index (χ1v) is 19.3. The molecular weight excluding hydrogens is 854 g/mol. The van der Waals surface area contributed by atoms with Gasteiger partial charge in [0.05, 0.1) is 77.9 Å². The van der Waals surface area contributed by atoms with Crippen LogP contribution in [0.5, 0.6) is 0 Å². The van der Waals surface area contributed by atoms with Crippen molar-refractivity contribution in [3.8, 4) is 58.8 Å². The maximum atomic E-state index is 13.6. The molecule has 0 bridgehead atoms. The molecule has 334 valence electrons. The zero-order valence-electron chi connectivity index (χ0n) is 34.7. The van der Waals surface area contributed by atoms with E-state index in [1.54, 1.807) is 30.2 Å². The van der Waals surface area contributed by atoms with Crippen molar-refractivity contribution >= 4 is 30.0 Å². The van der Waals surface area contributed by atoms with Gasteiger partial charge in [-0.05, 0) is 74.0 Å². The second kappa shape index (κ2) is 21.7. The standard InChI is InChI=1S/C30H23F3N8O6.C14H16N2O2/c1-16-10-18(2-4-20(16)28(43)44)40-14-25(35-37-40)23-11-17(27(42)39-6-8-47-9-7-39)12-24(34-23)26-15-41(38-36-26)19-3-5-21(29(45)46)22(13-19)30(31,32)33;1-5-8-15-13(6-2)11-12(4)14(17)16-9-10-18-7-3/h2-5,10-15H,6-9H2,1H3,(H,43,44)(H,45,46);1-2,8,11H,4,7,9-10H2,3H3,(H,16,17)/b;13-11-,15-8?. The number of allylic oxidation sites excluding steroid dienone is 1. The number of carbonyl (C=O) groups excluding carboxylic acids is 2. The van der Waals surface area contributed by atoms with Crippen LogP contribution in [0, 0.1) is 31.6 Å². The molecule has 0 radical (unpaired) electrons. The molecule has 0 spiro atoms. The summed E-state index contributed by atoms with van der Waals surface area (Å²) in [5, 5.41) is 37.5. The number of carboxylic acid groups (broad SMARTS) is 2. The Bertz CT molecular complexity index is 2760. The molecule has 6 rings (SSSR count). The first-order valence-electron chi connectivity index (χ1n) is 19.3. The Labute approximate surface area is 369 Å². The molecule has 18 nitrogen and oxygen atoms in total.